The summed E-state index contributed by atoms with van der Waals surface area (Å²) in [7, 11) is -2.47. The number of ketones is 1. The molecule has 1 unspecified atom stereocenters. The number of hydrogen-bond acceptors (Lipinski definition) is 8. The van der Waals surface area contributed by atoms with Crippen molar-refractivity contribution >= 4 is 39.0 Å². The molecule has 2 aromatic rings. The molecule has 11 heteroatoms. The molecule has 0 saturated carbocycles. The maximum absolute atomic E-state index is 13.2. The first-order valence-corrected chi connectivity index (χ1v) is 12.2. The van der Waals surface area contributed by atoms with Gasteiger partial charge in [-0.2, -0.15) is 4.31 Å². The average molecular weight is 488 g/mol. The Balaban J connectivity index is 1.57. The Labute approximate surface area is 197 Å². The predicted octanol–water partition coefficient (Wildman–Crippen LogP) is 1.66. The van der Waals surface area contributed by atoms with Gasteiger partial charge in [-0.05, 0) is 49.4 Å². The Hall–Kier alpha value is -3.28. The lowest BCUT2D eigenvalue weighted by molar-refractivity contribution is -0.121. The highest BCUT2D eigenvalue weighted by atomic mass is 32.2. The lowest BCUT2D eigenvalue weighted by Crippen LogP contribution is -2.40. The standard InChI is InChI=1S/C23H25N3O7S/c1-15(27)16-3-6-18(7-4-16)26-22(28)14-19(23(26)29)24-17-5-8-20(32-2)21(13-17)34(30,31)25-9-11-33-12-10-25/h3-8,13,19,24H,9-12,14H2,1-2H3. The van der Waals surface area contributed by atoms with Gasteiger partial charge in [-0.25, -0.2) is 13.3 Å². The number of methoxy groups -OCH3 is 1. The Bertz CT molecular complexity index is 1220. The van der Waals surface area contributed by atoms with Crippen molar-refractivity contribution in [2.45, 2.75) is 24.3 Å². The van der Waals surface area contributed by atoms with Crippen LogP contribution in [0.1, 0.15) is 23.7 Å². The van der Waals surface area contributed by atoms with Crippen molar-refractivity contribution in [1.82, 2.24) is 4.31 Å². The summed E-state index contributed by atoms with van der Waals surface area (Å²) in [6, 6.07) is 9.87. The van der Waals surface area contributed by atoms with Crippen LogP contribution in [-0.2, 0) is 24.3 Å². The summed E-state index contributed by atoms with van der Waals surface area (Å²) in [5.74, 6) is -0.799. The van der Waals surface area contributed by atoms with Crippen molar-refractivity contribution in [3.8, 4) is 5.75 Å². The van der Waals surface area contributed by atoms with Crippen LogP contribution in [0.2, 0.25) is 0 Å². The van der Waals surface area contributed by atoms with E-state index in [-0.39, 0.29) is 35.9 Å². The van der Waals surface area contributed by atoms with Gasteiger partial charge >= 0.3 is 0 Å². The second-order valence-corrected chi connectivity index (χ2v) is 9.86. The number of nitrogens with zero attached hydrogens (tertiary/aromatic N) is 2. The molecule has 2 heterocycles. The van der Waals surface area contributed by atoms with Crippen LogP contribution in [0.4, 0.5) is 11.4 Å². The van der Waals surface area contributed by atoms with E-state index in [1.54, 1.807) is 30.3 Å². The summed E-state index contributed by atoms with van der Waals surface area (Å²) >= 11 is 0. The molecule has 2 aliphatic rings. The Morgan fingerprint density at radius 3 is 2.38 bits per heavy atom. The van der Waals surface area contributed by atoms with Gasteiger partial charge in [-0.3, -0.25) is 14.4 Å². The molecule has 2 fully saturated rings. The summed E-state index contributed by atoms with van der Waals surface area (Å²) in [4.78, 5) is 38.1. The zero-order valence-electron chi connectivity index (χ0n) is 18.8. The molecule has 34 heavy (non-hydrogen) atoms. The number of morpholine rings is 1. The van der Waals surface area contributed by atoms with E-state index in [0.29, 0.717) is 30.2 Å². The first-order valence-electron chi connectivity index (χ1n) is 10.7. The van der Waals surface area contributed by atoms with Crippen LogP contribution in [0, 0.1) is 0 Å². The molecule has 0 radical (unpaired) electrons. The number of benzene rings is 2. The van der Waals surface area contributed by atoms with Crippen LogP contribution in [0.15, 0.2) is 47.4 Å². The highest BCUT2D eigenvalue weighted by Crippen LogP contribution is 2.32. The summed E-state index contributed by atoms with van der Waals surface area (Å²) in [6.45, 7) is 2.51. The third kappa shape index (κ3) is 4.54. The number of imide groups is 1. The van der Waals surface area contributed by atoms with Gasteiger partial charge in [-0.15, -0.1) is 0 Å². The fourth-order valence-electron chi connectivity index (χ4n) is 3.96. The fraction of sp³-hybridized carbons (Fsp3) is 0.348. The van der Waals surface area contributed by atoms with Crippen LogP contribution in [0.25, 0.3) is 0 Å². The van der Waals surface area contributed by atoms with Crippen molar-refractivity contribution in [3.63, 3.8) is 0 Å². The van der Waals surface area contributed by atoms with E-state index in [0.717, 1.165) is 4.90 Å². The molecule has 2 aromatic carbocycles. The molecule has 10 nitrogen and oxygen atoms in total. The molecule has 0 bridgehead atoms. The topological polar surface area (TPSA) is 122 Å². The zero-order valence-corrected chi connectivity index (χ0v) is 19.6. The molecule has 2 aliphatic heterocycles. The number of hydrogen-bond donors (Lipinski definition) is 1. The largest absolute Gasteiger partial charge is 0.495 e. The van der Waals surface area contributed by atoms with Gasteiger partial charge < -0.3 is 14.8 Å². The zero-order chi connectivity index (χ0) is 24.5. The fourth-order valence-corrected chi connectivity index (χ4v) is 5.55. The molecule has 0 aliphatic carbocycles. The molecule has 0 aromatic heterocycles. The Morgan fingerprint density at radius 2 is 1.76 bits per heavy atom. The van der Waals surface area contributed by atoms with E-state index in [1.807, 2.05) is 0 Å². The first-order chi connectivity index (χ1) is 16.2. The van der Waals surface area contributed by atoms with Crippen LogP contribution in [0.3, 0.4) is 0 Å². The molecule has 180 valence electrons. The number of Topliss-reactive ketones (excluding diaryl/α,β-unsaturated/α-hetero) is 1. The van der Waals surface area contributed by atoms with Gasteiger partial charge in [0.15, 0.2) is 5.78 Å². The maximum atomic E-state index is 13.2. The number of rotatable bonds is 7. The van der Waals surface area contributed by atoms with Crippen LogP contribution in [-0.4, -0.2) is 69.8 Å². The normalized spacial score (nSPS) is 19.4. The number of sulfonamides is 1. The summed E-state index contributed by atoms with van der Waals surface area (Å²) in [6.07, 6.45) is -0.0924. The van der Waals surface area contributed by atoms with Crippen molar-refractivity contribution in [2.24, 2.45) is 0 Å². The van der Waals surface area contributed by atoms with E-state index >= 15 is 0 Å². The van der Waals surface area contributed by atoms with E-state index in [1.165, 1.54) is 30.5 Å². The molecule has 0 spiro atoms. The first kappa shape index (κ1) is 23.9. The number of anilines is 2. The molecule has 1 atom stereocenters. The van der Waals surface area contributed by atoms with E-state index in [4.69, 9.17) is 9.47 Å². The van der Waals surface area contributed by atoms with Gasteiger partial charge in [0, 0.05) is 24.3 Å². The molecule has 2 saturated heterocycles. The molecule has 4 rings (SSSR count). The van der Waals surface area contributed by atoms with E-state index in [9.17, 15) is 22.8 Å². The average Bonchev–Trinajstić information content (AvgIpc) is 3.12. The number of carbonyl (C=O) groups is 3. The van der Waals surface area contributed by atoms with Crippen molar-refractivity contribution < 1.29 is 32.3 Å². The van der Waals surface area contributed by atoms with E-state index in [2.05, 4.69) is 5.32 Å². The summed E-state index contributed by atoms with van der Waals surface area (Å²) in [5.41, 5.74) is 1.21. The quantitative estimate of drug-likeness (QED) is 0.462. The number of nitrogens with one attached hydrogen (secondary N) is 1. The lowest BCUT2D eigenvalue weighted by atomic mass is 10.1. The highest BCUT2D eigenvalue weighted by molar-refractivity contribution is 7.89. The Kier molecular flexibility index (Phi) is 6.69. The minimum atomic E-state index is -3.85. The monoisotopic (exact) mass is 487 g/mol. The van der Waals surface area contributed by atoms with Crippen molar-refractivity contribution in [2.75, 3.05) is 43.6 Å². The summed E-state index contributed by atoms with van der Waals surface area (Å²) < 4.78 is 38.2. The SMILES string of the molecule is COc1ccc(NC2CC(=O)N(c3ccc(C(C)=O)cc3)C2=O)cc1S(=O)(=O)N1CCOCC1. The van der Waals surface area contributed by atoms with Crippen LogP contribution < -0.4 is 15.0 Å². The van der Waals surface area contributed by atoms with E-state index < -0.39 is 27.9 Å². The van der Waals surface area contributed by atoms with Gasteiger partial charge in [-0.1, -0.05) is 0 Å². The number of carbonyl (C=O) groups excluding carboxylic acids is 3. The molecule has 2 amide bonds. The minimum absolute atomic E-state index is 0.0321. The van der Waals surface area contributed by atoms with Crippen LogP contribution in [0.5, 0.6) is 5.75 Å². The van der Waals surface area contributed by atoms with Gasteiger partial charge in [0.1, 0.15) is 16.7 Å². The lowest BCUT2D eigenvalue weighted by Gasteiger charge is -2.27. The second-order valence-electron chi connectivity index (χ2n) is 7.95. The van der Waals surface area contributed by atoms with Crippen molar-refractivity contribution in [1.29, 1.82) is 0 Å². The summed E-state index contributed by atoms with van der Waals surface area (Å²) in [5, 5.41) is 2.99. The minimum Gasteiger partial charge on any atom is -0.495 e. The van der Waals surface area contributed by atoms with Gasteiger partial charge in [0.05, 0.1) is 32.4 Å². The van der Waals surface area contributed by atoms with Gasteiger partial charge in [0.25, 0.3) is 5.91 Å². The number of ether oxygens (including phenoxy) is 2. The molecular formula is C23H25N3O7S. The maximum Gasteiger partial charge on any atom is 0.256 e. The third-order valence-electron chi connectivity index (χ3n) is 5.77. The molecule has 1 N–H and O–H groups in total. The van der Waals surface area contributed by atoms with Crippen molar-refractivity contribution in [3.05, 3.63) is 48.0 Å². The predicted molar refractivity (Wildman–Crippen MR) is 124 cm³/mol. The van der Waals surface area contributed by atoms with Gasteiger partial charge in [0.2, 0.25) is 15.9 Å². The second kappa shape index (κ2) is 9.53. The molecular weight excluding hydrogens is 462 g/mol. The van der Waals surface area contributed by atoms with Crippen LogP contribution >= 0.6 is 0 Å². The third-order valence-corrected chi connectivity index (χ3v) is 7.69. The number of amides is 2. The Morgan fingerprint density at radius 1 is 1.09 bits per heavy atom. The smallest absolute Gasteiger partial charge is 0.256 e. The highest BCUT2D eigenvalue weighted by Gasteiger charge is 2.40.